The Balaban J connectivity index is 2.12. The first-order chi connectivity index (χ1) is 10.3. The third-order valence-corrected chi connectivity index (χ3v) is 5.39. The highest BCUT2D eigenvalue weighted by molar-refractivity contribution is 9.10. The van der Waals surface area contributed by atoms with Gasteiger partial charge in [0.15, 0.2) is 9.84 Å². The number of nitrogens with zero attached hydrogens (tertiary/aromatic N) is 1. The van der Waals surface area contributed by atoms with Gasteiger partial charge in [0.25, 0.3) is 0 Å². The SMILES string of the molecule is C[C@@H](c1ccc(S(C)(=O)=O)cc1)N(C)Cc1cccc(Br)c1. The van der Waals surface area contributed by atoms with Crippen molar-refractivity contribution in [3.8, 4) is 0 Å². The number of hydrogen-bond donors (Lipinski definition) is 0. The maximum atomic E-state index is 11.5. The molecule has 0 aromatic heterocycles. The van der Waals surface area contributed by atoms with Gasteiger partial charge < -0.3 is 0 Å². The minimum absolute atomic E-state index is 0.201. The molecule has 0 fully saturated rings. The predicted molar refractivity (Wildman–Crippen MR) is 93.6 cm³/mol. The first-order valence-electron chi connectivity index (χ1n) is 7.02. The number of halogens is 1. The van der Waals surface area contributed by atoms with E-state index in [0.717, 1.165) is 16.6 Å². The van der Waals surface area contributed by atoms with Gasteiger partial charge in [-0.25, -0.2) is 8.42 Å². The number of sulfone groups is 1. The molecule has 0 N–H and O–H groups in total. The monoisotopic (exact) mass is 381 g/mol. The lowest BCUT2D eigenvalue weighted by molar-refractivity contribution is 0.253. The highest BCUT2D eigenvalue weighted by Crippen LogP contribution is 2.23. The van der Waals surface area contributed by atoms with Gasteiger partial charge in [0, 0.05) is 23.3 Å². The van der Waals surface area contributed by atoms with Crippen molar-refractivity contribution in [2.24, 2.45) is 0 Å². The molecule has 0 radical (unpaired) electrons. The molecule has 0 aliphatic rings. The van der Waals surface area contributed by atoms with Crippen LogP contribution in [0.3, 0.4) is 0 Å². The number of hydrogen-bond acceptors (Lipinski definition) is 3. The Hall–Kier alpha value is -1.17. The molecule has 0 bridgehead atoms. The molecule has 118 valence electrons. The van der Waals surface area contributed by atoms with Gasteiger partial charge in [0.1, 0.15) is 0 Å². The van der Waals surface area contributed by atoms with Crippen molar-refractivity contribution in [2.75, 3.05) is 13.3 Å². The summed E-state index contributed by atoms with van der Waals surface area (Å²) in [6.07, 6.45) is 1.23. The maximum Gasteiger partial charge on any atom is 0.175 e. The third kappa shape index (κ3) is 4.41. The standard InChI is InChI=1S/C17H20BrNO2S/c1-13(15-7-9-17(10-8-15)22(3,20)21)19(2)12-14-5-4-6-16(18)11-14/h4-11,13H,12H2,1-3H3/t13-/m0/s1. The summed E-state index contributed by atoms with van der Waals surface area (Å²) in [5, 5.41) is 0. The van der Waals surface area contributed by atoms with Crippen LogP contribution in [-0.4, -0.2) is 26.6 Å². The molecule has 22 heavy (non-hydrogen) atoms. The normalized spacial score (nSPS) is 13.3. The summed E-state index contributed by atoms with van der Waals surface area (Å²) in [6, 6.07) is 15.6. The van der Waals surface area contributed by atoms with Crippen LogP contribution < -0.4 is 0 Å². The average Bonchev–Trinajstić information content (AvgIpc) is 2.45. The molecule has 1 atom stereocenters. The van der Waals surface area contributed by atoms with Crippen LogP contribution in [0, 0.1) is 0 Å². The average molecular weight is 382 g/mol. The summed E-state index contributed by atoms with van der Waals surface area (Å²) in [5.41, 5.74) is 2.33. The highest BCUT2D eigenvalue weighted by atomic mass is 79.9. The quantitative estimate of drug-likeness (QED) is 0.783. The van der Waals surface area contributed by atoms with Gasteiger partial charge >= 0.3 is 0 Å². The summed E-state index contributed by atoms with van der Waals surface area (Å²) in [5.74, 6) is 0. The van der Waals surface area contributed by atoms with Crippen LogP contribution in [0.2, 0.25) is 0 Å². The Kier molecular flexibility index (Phi) is 5.42. The van der Waals surface area contributed by atoms with Crippen LogP contribution >= 0.6 is 15.9 Å². The maximum absolute atomic E-state index is 11.5. The largest absolute Gasteiger partial charge is 0.295 e. The van der Waals surface area contributed by atoms with Crippen molar-refractivity contribution in [1.82, 2.24) is 4.90 Å². The van der Waals surface area contributed by atoms with E-state index in [-0.39, 0.29) is 6.04 Å². The smallest absolute Gasteiger partial charge is 0.175 e. The fraction of sp³-hybridized carbons (Fsp3) is 0.294. The molecule has 0 aliphatic carbocycles. The zero-order valence-electron chi connectivity index (χ0n) is 13.0. The molecule has 0 unspecified atom stereocenters. The molecule has 0 heterocycles. The lowest BCUT2D eigenvalue weighted by Crippen LogP contribution is -2.22. The molecule has 5 heteroatoms. The van der Waals surface area contributed by atoms with Gasteiger partial charge in [-0.15, -0.1) is 0 Å². The molecule has 0 saturated heterocycles. The van der Waals surface area contributed by atoms with Crippen LogP contribution in [0.1, 0.15) is 24.1 Å². The summed E-state index contributed by atoms with van der Waals surface area (Å²) < 4.78 is 24.1. The van der Waals surface area contributed by atoms with E-state index in [0.29, 0.717) is 4.90 Å². The van der Waals surface area contributed by atoms with E-state index in [1.54, 1.807) is 12.1 Å². The van der Waals surface area contributed by atoms with E-state index in [4.69, 9.17) is 0 Å². The van der Waals surface area contributed by atoms with Gasteiger partial charge in [-0.2, -0.15) is 0 Å². The van der Waals surface area contributed by atoms with Crippen LogP contribution in [0.5, 0.6) is 0 Å². The minimum atomic E-state index is -3.14. The lowest BCUT2D eigenvalue weighted by Gasteiger charge is -2.25. The van der Waals surface area contributed by atoms with Crippen LogP contribution in [0.25, 0.3) is 0 Å². The van der Waals surface area contributed by atoms with Crippen molar-refractivity contribution in [3.05, 3.63) is 64.1 Å². The Morgan fingerprint density at radius 3 is 2.32 bits per heavy atom. The second kappa shape index (κ2) is 6.94. The molecule has 2 aromatic carbocycles. The zero-order chi connectivity index (χ0) is 16.3. The Bertz CT molecular complexity index is 742. The van der Waals surface area contributed by atoms with Crippen molar-refractivity contribution < 1.29 is 8.42 Å². The van der Waals surface area contributed by atoms with E-state index in [9.17, 15) is 8.42 Å². The van der Waals surface area contributed by atoms with Crippen LogP contribution in [0.4, 0.5) is 0 Å². The van der Waals surface area contributed by atoms with Gasteiger partial charge in [0.2, 0.25) is 0 Å². The molecular formula is C17H20BrNO2S. The zero-order valence-corrected chi connectivity index (χ0v) is 15.4. The molecule has 2 aromatic rings. The fourth-order valence-corrected chi connectivity index (χ4v) is 3.39. The van der Waals surface area contributed by atoms with E-state index in [1.807, 2.05) is 24.3 Å². The summed E-state index contributed by atoms with van der Waals surface area (Å²) >= 11 is 3.49. The van der Waals surface area contributed by atoms with Gasteiger partial charge in [0.05, 0.1) is 4.90 Å². The third-order valence-electron chi connectivity index (χ3n) is 3.77. The number of rotatable bonds is 5. The van der Waals surface area contributed by atoms with E-state index in [2.05, 4.69) is 46.9 Å². The molecule has 3 nitrogen and oxygen atoms in total. The molecular weight excluding hydrogens is 362 g/mol. The Labute approximate surface area is 141 Å². The summed E-state index contributed by atoms with van der Waals surface area (Å²) in [4.78, 5) is 2.59. The summed E-state index contributed by atoms with van der Waals surface area (Å²) in [7, 11) is -1.07. The van der Waals surface area contributed by atoms with E-state index in [1.165, 1.54) is 11.8 Å². The van der Waals surface area contributed by atoms with Crippen LogP contribution in [-0.2, 0) is 16.4 Å². The van der Waals surface area contributed by atoms with Crippen molar-refractivity contribution in [3.63, 3.8) is 0 Å². The molecule has 0 spiro atoms. The predicted octanol–water partition coefficient (Wildman–Crippen LogP) is 4.05. The first kappa shape index (κ1) is 17.2. The number of benzene rings is 2. The first-order valence-corrected chi connectivity index (χ1v) is 9.70. The van der Waals surface area contributed by atoms with Gasteiger partial charge in [-0.3, -0.25) is 4.90 Å². The minimum Gasteiger partial charge on any atom is -0.295 e. The highest BCUT2D eigenvalue weighted by Gasteiger charge is 2.13. The fourth-order valence-electron chi connectivity index (χ4n) is 2.31. The molecule has 0 saturated carbocycles. The van der Waals surface area contributed by atoms with Crippen molar-refractivity contribution in [2.45, 2.75) is 24.4 Å². The Morgan fingerprint density at radius 2 is 1.77 bits per heavy atom. The van der Waals surface area contributed by atoms with Crippen molar-refractivity contribution >= 4 is 25.8 Å². The van der Waals surface area contributed by atoms with E-state index >= 15 is 0 Å². The van der Waals surface area contributed by atoms with Gasteiger partial charge in [-0.05, 0) is 49.4 Å². The second-order valence-corrected chi connectivity index (χ2v) is 8.49. The second-order valence-electron chi connectivity index (χ2n) is 5.56. The molecule has 2 rings (SSSR count). The lowest BCUT2D eigenvalue weighted by atomic mass is 10.1. The van der Waals surface area contributed by atoms with E-state index < -0.39 is 9.84 Å². The summed E-state index contributed by atoms with van der Waals surface area (Å²) in [6.45, 7) is 2.95. The molecule has 0 aliphatic heterocycles. The van der Waals surface area contributed by atoms with Gasteiger partial charge in [-0.1, -0.05) is 40.2 Å². The van der Waals surface area contributed by atoms with Crippen LogP contribution in [0.15, 0.2) is 57.9 Å². The Morgan fingerprint density at radius 1 is 1.14 bits per heavy atom. The topological polar surface area (TPSA) is 37.4 Å². The molecule has 0 amide bonds. The van der Waals surface area contributed by atoms with Crippen molar-refractivity contribution in [1.29, 1.82) is 0 Å².